The molecule has 130 valence electrons. The molecule has 0 saturated heterocycles. The summed E-state index contributed by atoms with van der Waals surface area (Å²) in [5, 5.41) is 5.96. The first-order chi connectivity index (χ1) is 11.5. The van der Waals surface area contributed by atoms with E-state index in [1.807, 2.05) is 13.0 Å². The van der Waals surface area contributed by atoms with Gasteiger partial charge < -0.3 is 10.6 Å². The van der Waals surface area contributed by atoms with Crippen LogP contribution in [0.2, 0.25) is 0 Å². The number of carbonyl (C=O) groups is 2. The third kappa shape index (κ3) is 3.77. The lowest BCUT2D eigenvalue weighted by Crippen LogP contribution is -2.57. The molecule has 1 unspecified atom stereocenters. The van der Waals surface area contributed by atoms with Crippen LogP contribution in [0.5, 0.6) is 0 Å². The number of hydrogen-bond acceptors (Lipinski definition) is 2. The molecule has 3 rings (SSSR count). The molecule has 2 saturated carbocycles. The average molecular weight is 332 g/mol. The number of aryl methyl sites for hydroxylation is 1. The zero-order valence-electron chi connectivity index (χ0n) is 14.1. The van der Waals surface area contributed by atoms with Gasteiger partial charge in [-0.2, -0.15) is 0 Å². The average Bonchev–Trinajstić information content (AvgIpc) is 3.28. The molecule has 0 spiro atoms. The van der Waals surface area contributed by atoms with Crippen molar-refractivity contribution in [1.82, 2.24) is 10.6 Å². The van der Waals surface area contributed by atoms with Crippen LogP contribution in [0, 0.1) is 11.2 Å². The lowest BCUT2D eigenvalue weighted by molar-refractivity contribution is -0.150. The van der Waals surface area contributed by atoms with Gasteiger partial charge in [-0.15, -0.1) is 0 Å². The van der Waals surface area contributed by atoms with E-state index in [1.165, 1.54) is 12.1 Å². The molecule has 4 nitrogen and oxygen atoms in total. The largest absolute Gasteiger partial charge is 0.353 e. The van der Waals surface area contributed by atoms with Crippen molar-refractivity contribution in [2.45, 2.75) is 64.0 Å². The van der Waals surface area contributed by atoms with E-state index >= 15 is 0 Å². The van der Waals surface area contributed by atoms with Gasteiger partial charge >= 0.3 is 0 Å². The Morgan fingerprint density at radius 2 is 2.04 bits per heavy atom. The molecule has 24 heavy (non-hydrogen) atoms. The maximum atomic E-state index is 13.2. The summed E-state index contributed by atoms with van der Waals surface area (Å²) < 4.78 is 13.2. The van der Waals surface area contributed by atoms with Crippen LogP contribution in [0.1, 0.15) is 51.0 Å². The van der Waals surface area contributed by atoms with Crippen LogP contribution >= 0.6 is 0 Å². The Morgan fingerprint density at radius 1 is 1.29 bits per heavy atom. The van der Waals surface area contributed by atoms with Crippen LogP contribution in [0.3, 0.4) is 0 Å². The summed E-state index contributed by atoms with van der Waals surface area (Å²) in [7, 11) is 0. The van der Waals surface area contributed by atoms with Crippen LogP contribution in [0.25, 0.3) is 0 Å². The fourth-order valence-electron chi connectivity index (χ4n) is 3.15. The molecule has 2 aliphatic rings. The van der Waals surface area contributed by atoms with E-state index in [-0.39, 0.29) is 29.7 Å². The van der Waals surface area contributed by atoms with Crippen LogP contribution in [-0.4, -0.2) is 23.9 Å². The van der Waals surface area contributed by atoms with Gasteiger partial charge in [0.1, 0.15) is 11.2 Å². The molecule has 5 heteroatoms. The van der Waals surface area contributed by atoms with Gasteiger partial charge in [0.05, 0.1) is 0 Å². The van der Waals surface area contributed by atoms with Crippen molar-refractivity contribution < 1.29 is 14.0 Å². The Morgan fingerprint density at radius 3 is 2.62 bits per heavy atom. The van der Waals surface area contributed by atoms with Crippen molar-refractivity contribution in [1.29, 1.82) is 0 Å². The highest BCUT2D eigenvalue weighted by atomic mass is 19.1. The Kier molecular flexibility index (Phi) is 4.88. The minimum absolute atomic E-state index is 0.0491. The van der Waals surface area contributed by atoms with E-state index < -0.39 is 5.41 Å². The molecule has 1 aromatic carbocycles. The van der Waals surface area contributed by atoms with Gasteiger partial charge in [0.25, 0.3) is 0 Å². The molecule has 2 N–H and O–H groups in total. The predicted molar refractivity (Wildman–Crippen MR) is 89.8 cm³/mol. The number of benzene rings is 1. The molecular weight excluding hydrogens is 307 g/mol. The van der Waals surface area contributed by atoms with Crippen LogP contribution in [0.15, 0.2) is 24.3 Å². The standard InChI is InChI=1S/C19H25FN2O2/c1-13(6-7-14-4-2-5-15(20)12-14)21-17(23)19(10-3-11-19)18(24)22-16-8-9-16/h2,4-5,12-13,16H,3,6-11H2,1H3,(H,21,23)(H,22,24). The highest BCUT2D eigenvalue weighted by Crippen LogP contribution is 2.42. The van der Waals surface area contributed by atoms with E-state index in [9.17, 15) is 14.0 Å². The Bertz CT molecular complexity index is 624. The second-order valence-corrected chi connectivity index (χ2v) is 7.23. The van der Waals surface area contributed by atoms with E-state index in [4.69, 9.17) is 0 Å². The minimum Gasteiger partial charge on any atom is -0.353 e. The summed E-state index contributed by atoms with van der Waals surface area (Å²) >= 11 is 0. The second-order valence-electron chi connectivity index (χ2n) is 7.23. The van der Waals surface area contributed by atoms with Gasteiger partial charge in [0.15, 0.2) is 0 Å². The molecule has 1 atom stereocenters. The Labute approximate surface area is 142 Å². The van der Waals surface area contributed by atoms with E-state index in [2.05, 4.69) is 10.6 Å². The van der Waals surface area contributed by atoms with E-state index in [0.717, 1.165) is 31.2 Å². The van der Waals surface area contributed by atoms with E-state index in [1.54, 1.807) is 6.07 Å². The molecule has 0 heterocycles. The van der Waals surface area contributed by atoms with Crippen LogP contribution in [-0.2, 0) is 16.0 Å². The third-order valence-corrected chi connectivity index (χ3v) is 5.12. The van der Waals surface area contributed by atoms with Gasteiger partial charge in [-0.25, -0.2) is 4.39 Å². The first kappa shape index (κ1) is 16.9. The van der Waals surface area contributed by atoms with Gasteiger partial charge in [-0.3, -0.25) is 9.59 Å². The highest BCUT2D eigenvalue weighted by molar-refractivity contribution is 6.06. The highest BCUT2D eigenvalue weighted by Gasteiger charge is 2.51. The summed E-state index contributed by atoms with van der Waals surface area (Å²) in [4.78, 5) is 25.1. The lowest BCUT2D eigenvalue weighted by Gasteiger charge is -2.39. The number of carbonyl (C=O) groups excluding carboxylic acids is 2. The third-order valence-electron chi connectivity index (χ3n) is 5.12. The van der Waals surface area contributed by atoms with Crippen molar-refractivity contribution in [3.05, 3.63) is 35.6 Å². The molecule has 0 radical (unpaired) electrons. The minimum atomic E-state index is -0.865. The SMILES string of the molecule is CC(CCc1cccc(F)c1)NC(=O)C1(C(=O)NC2CC2)CCC1. The summed E-state index contributed by atoms with van der Waals surface area (Å²) in [5.41, 5.74) is 0.0522. The molecule has 2 fully saturated rings. The maximum absolute atomic E-state index is 13.2. The topological polar surface area (TPSA) is 58.2 Å². The molecule has 1 aromatic rings. The number of halogens is 1. The molecule has 0 aliphatic heterocycles. The smallest absolute Gasteiger partial charge is 0.235 e. The zero-order valence-corrected chi connectivity index (χ0v) is 14.1. The quantitative estimate of drug-likeness (QED) is 0.754. The number of amides is 2. The van der Waals surface area contributed by atoms with Gasteiger partial charge in [0.2, 0.25) is 11.8 Å². The maximum Gasteiger partial charge on any atom is 0.235 e. The Balaban J connectivity index is 1.51. The number of rotatable bonds is 7. The Hall–Kier alpha value is -1.91. The van der Waals surface area contributed by atoms with Crippen molar-refractivity contribution in [2.75, 3.05) is 0 Å². The van der Waals surface area contributed by atoms with E-state index in [0.29, 0.717) is 19.3 Å². The summed E-state index contributed by atoms with van der Waals surface area (Å²) in [6, 6.07) is 6.74. The molecule has 0 aromatic heterocycles. The summed E-state index contributed by atoms with van der Waals surface area (Å²) in [6.07, 6.45) is 5.64. The lowest BCUT2D eigenvalue weighted by atomic mass is 9.67. The summed E-state index contributed by atoms with van der Waals surface area (Å²) in [5.74, 6) is -0.501. The van der Waals surface area contributed by atoms with Gasteiger partial charge in [-0.1, -0.05) is 18.6 Å². The van der Waals surface area contributed by atoms with Crippen molar-refractivity contribution in [3.63, 3.8) is 0 Å². The predicted octanol–water partition coefficient (Wildman–Crippen LogP) is 2.71. The molecule has 0 bridgehead atoms. The van der Waals surface area contributed by atoms with Gasteiger partial charge in [-0.05, 0) is 63.1 Å². The van der Waals surface area contributed by atoms with Crippen molar-refractivity contribution >= 4 is 11.8 Å². The molecular formula is C19H25FN2O2. The number of hydrogen-bond donors (Lipinski definition) is 2. The second kappa shape index (κ2) is 6.91. The zero-order chi connectivity index (χ0) is 17.2. The molecule has 2 amide bonds. The summed E-state index contributed by atoms with van der Waals surface area (Å²) in [6.45, 7) is 1.93. The first-order valence-electron chi connectivity index (χ1n) is 8.86. The normalized spacial score (nSPS) is 19.9. The fourth-order valence-corrected chi connectivity index (χ4v) is 3.15. The van der Waals surface area contributed by atoms with Crippen LogP contribution in [0.4, 0.5) is 4.39 Å². The monoisotopic (exact) mass is 332 g/mol. The number of nitrogens with one attached hydrogen (secondary N) is 2. The van der Waals surface area contributed by atoms with Crippen molar-refractivity contribution in [3.8, 4) is 0 Å². The first-order valence-corrected chi connectivity index (χ1v) is 8.86. The van der Waals surface area contributed by atoms with Crippen LogP contribution < -0.4 is 10.6 Å². The van der Waals surface area contributed by atoms with Crippen molar-refractivity contribution in [2.24, 2.45) is 5.41 Å². The fraction of sp³-hybridized carbons (Fsp3) is 0.579. The molecule has 2 aliphatic carbocycles. The van der Waals surface area contributed by atoms with Gasteiger partial charge in [0, 0.05) is 12.1 Å².